The van der Waals surface area contributed by atoms with Crippen LogP contribution in [-0.2, 0) is 4.79 Å². The zero-order chi connectivity index (χ0) is 11.8. The molecule has 0 fully saturated rings. The summed E-state index contributed by atoms with van der Waals surface area (Å²) in [6.45, 7) is 3.13. The second kappa shape index (κ2) is 8.84. The van der Waals surface area contributed by atoms with Gasteiger partial charge in [0.25, 0.3) is 0 Å². The Balaban J connectivity index is 0.00000256. The molecule has 0 bridgehead atoms. The molecule has 0 saturated heterocycles. The number of amides is 1. The molecule has 1 rings (SSSR count). The maximum Gasteiger partial charge on any atom is 0.224 e. The summed E-state index contributed by atoms with van der Waals surface area (Å²) in [4.78, 5) is 11.3. The van der Waals surface area contributed by atoms with Crippen LogP contribution in [0, 0.1) is 5.92 Å². The van der Waals surface area contributed by atoms with Gasteiger partial charge in [0.05, 0.1) is 6.54 Å². The van der Waals surface area contributed by atoms with Gasteiger partial charge in [-0.3, -0.25) is 4.79 Å². The van der Waals surface area contributed by atoms with Gasteiger partial charge in [0.2, 0.25) is 5.91 Å². The normalized spacial score (nSPS) is 11.2. The molecule has 0 heterocycles. The second-order valence-electron chi connectivity index (χ2n) is 3.59. The number of carbonyl (C=O) groups excluding carboxylic acids is 1. The van der Waals surface area contributed by atoms with Crippen LogP contribution in [0.4, 0.5) is 0 Å². The Morgan fingerprint density at radius 1 is 1.41 bits per heavy atom. The van der Waals surface area contributed by atoms with Gasteiger partial charge in [-0.25, -0.2) is 0 Å². The third-order valence-corrected chi connectivity index (χ3v) is 2.21. The molecular weight excluding hydrogens is 240 g/mol. The zero-order valence-electron chi connectivity index (χ0n) is 9.89. The van der Waals surface area contributed by atoms with Crippen molar-refractivity contribution < 1.29 is 9.53 Å². The molecule has 0 spiro atoms. The van der Waals surface area contributed by atoms with Crippen molar-refractivity contribution in [1.29, 1.82) is 0 Å². The molecule has 1 amide bonds. The highest BCUT2D eigenvalue weighted by Gasteiger charge is 2.08. The van der Waals surface area contributed by atoms with Crippen molar-refractivity contribution in [3.05, 3.63) is 30.3 Å². The van der Waals surface area contributed by atoms with Gasteiger partial charge < -0.3 is 15.8 Å². The van der Waals surface area contributed by atoms with E-state index < -0.39 is 0 Å². The van der Waals surface area contributed by atoms with Crippen LogP contribution in [0.1, 0.15) is 6.92 Å². The first-order chi connectivity index (χ1) is 7.74. The third kappa shape index (κ3) is 6.14. The molecule has 4 nitrogen and oxygen atoms in total. The van der Waals surface area contributed by atoms with Gasteiger partial charge in [0.15, 0.2) is 0 Å². The summed E-state index contributed by atoms with van der Waals surface area (Å²) in [6.07, 6.45) is 0. The van der Waals surface area contributed by atoms with Gasteiger partial charge in [-0.1, -0.05) is 25.1 Å². The van der Waals surface area contributed by atoms with E-state index in [1.165, 1.54) is 0 Å². The Hall–Kier alpha value is -1.26. The molecule has 1 aromatic rings. The van der Waals surface area contributed by atoms with Crippen molar-refractivity contribution in [1.82, 2.24) is 5.32 Å². The van der Waals surface area contributed by atoms with Crippen molar-refractivity contribution in [2.45, 2.75) is 6.92 Å². The van der Waals surface area contributed by atoms with Gasteiger partial charge in [0, 0.05) is 12.5 Å². The Bertz CT molecular complexity index is 320. The fourth-order valence-corrected chi connectivity index (χ4v) is 1.14. The summed E-state index contributed by atoms with van der Waals surface area (Å²) in [5.74, 6) is 0.638. The lowest BCUT2D eigenvalue weighted by atomic mass is 10.2. The lowest BCUT2D eigenvalue weighted by Crippen LogP contribution is -2.35. The predicted molar refractivity (Wildman–Crippen MR) is 70.4 cm³/mol. The highest BCUT2D eigenvalue weighted by molar-refractivity contribution is 5.85. The third-order valence-electron chi connectivity index (χ3n) is 2.21. The maximum absolute atomic E-state index is 11.3. The average Bonchev–Trinajstić information content (AvgIpc) is 2.34. The number of para-hydroxylation sites is 1. The van der Waals surface area contributed by atoms with Gasteiger partial charge in [-0.05, 0) is 12.1 Å². The molecular formula is C12H19ClN2O2. The zero-order valence-corrected chi connectivity index (χ0v) is 10.7. The molecule has 0 aliphatic heterocycles. The largest absolute Gasteiger partial charge is 0.492 e. The van der Waals surface area contributed by atoms with Crippen molar-refractivity contribution in [3.63, 3.8) is 0 Å². The summed E-state index contributed by atoms with van der Waals surface area (Å²) in [6, 6.07) is 9.50. The van der Waals surface area contributed by atoms with Crippen LogP contribution in [0.2, 0.25) is 0 Å². The van der Waals surface area contributed by atoms with Crippen LogP contribution in [0.25, 0.3) is 0 Å². The Morgan fingerprint density at radius 3 is 2.65 bits per heavy atom. The molecule has 0 saturated carbocycles. The van der Waals surface area contributed by atoms with E-state index >= 15 is 0 Å². The van der Waals surface area contributed by atoms with E-state index in [1.54, 1.807) is 6.92 Å². The quantitative estimate of drug-likeness (QED) is 0.754. The molecule has 1 unspecified atom stereocenters. The van der Waals surface area contributed by atoms with Gasteiger partial charge in [-0.15, -0.1) is 12.4 Å². The van der Waals surface area contributed by atoms with Crippen molar-refractivity contribution in [3.8, 4) is 5.75 Å². The molecule has 1 aromatic carbocycles. The smallest absolute Gasteiger partial charge is 0.224 e. The summed E-state index contributed by atoms with van der Waals surface area (Å²) >= 11 is 0. The molecule has 0 aliphatic rings. The minimum Gasteiger partial charge on any atom is -0.492 e. The van der Waals surface area contributed by atoms with E-state index in [-0.39, 0.29) is 24.2 Å². The summed E-state index contributed by atoms with van der Waals surface area (Å²) in [7, 11) is 0. The second-order valence-corrected chi connectivity index (χ2v) is 3.59. The van der Waals surface area contributed by atoms with Crippen molar-refractivity contribution in [2.24, 2.45) is 11.7 Å². The molecule has 3 N–H and O–H groups in total. The van der Waals surface area contributed by atoms with Crippen molar-refractivity contribution >= 4 is 18.3 Å². The fourth-order valence-electron chi connectivity index (χ4n) is 1.14. The number of carbonyl (C=O) groups is 1. The van der Waals surface area contributed by atoms with Crippen LogP contribution >= 0.6 is 12.4 Å². The molecule has 96 valence electrons. The monoisotopic (exact) mass is 258 g/mol. The number of nitrogens with two attached hydrogens (primary N) is 1. The average molecular weight is 259 g/mol. The van der Waals surface area contributed by atoms with E-state index in [4.69, 9.17) is 10.5 Å². The predicted octanol–water partition coefficient (Wildman–Crippen LogP) is 1.20. The molecule has 5 heteroatoms. The van der Waals surface area contributed by atoms with Crippen LogP contribution < -0.4 is 15.8 Å². The van der Waals surface area contributed by atoms with Gasteiger partial charge in [0.1, 0.15) is 12.4 Å². The first-order valence-corrected chi connectivity index (χ1v) is 5.39. The van der Waals surface area contributed by atoms with E-state index in [1.807, 2.05) is 30.3 Å². The first-order valence-electron chi connectivity index (χ1n) is 5.39. The lowest BCUT2D eigenvalue weighted by molar-refractivity contribution is -0.124. The van der Waals surface area contributed by atoms with Crippen molar-refractivity contribution in [2.75, 3.05) is 19.7 Å². The highest BCUT2D eigenvalue weighted by atomic mass is 35.5. The maximum atomic E-state index is 11.3. The molecule has 17 heavy (non-hydrogen) atoms. The Morgan fingerprint density at radius 2 is 2.06 bits per heavy atom. The SMILES string of the molecule is CC(CN)C(=O)NCCOc1ccccc1.Cl. The number of hydrogen-bond acceptors (Lipinski definition) is 3. The molecule has 1 atom stereocenters. The first kappa shape index (κ1) is 15.7. The van der Waals surface area contributed by atoms with E-state index in [0.29, 0.717) is 19.7 Å². The minimum absolute atomic E-state index is 0. The van der Waals surface area contributed by atoms with Crippen LogP contribution in [-0.4, -0.2) is 25.6 Å². The summed E-state index contributed by atoms with van der Waals surface area (Å²) in [5.41, 5.74) is 5.38. The Labute approximate surface area is 108 Å². The highest BCUT2D eigenvalue weighted by Crippen LogP contribution is 2.07. The standard InChI is InChI=1S/C12H18N2O2.ClH/c1-10(9-13)12(15)14-7-8-16-11-5-3-2-4-6-11;/h2-6,10H,7-9,13H2,1H3,(H,14,15);1H. The Kier molecular flexibility index (Phi) is 8.19. The van der Waals surface area contributed by atoms with Crippen LogP contribution in [0.15, 0.2) is 30.3 Å². The van der Waals surface area contributed by atoms with Gasteiger partial charge >= 0.3 is 0 Å². The number of nitrogens with one attached hydrogen (secondary N) is 1. The summed E-state index contributed by atoms with van der Waals surface area (Å²) in [5, 5.41) is 2.76. The number of benzene rings is 1. The molecule has 0 aliphatic carbocycles. The topological polar surface area (TPSA) is 64.4 Å². The van der Waals surface area contributed by atoms with E-state index in [2.05, 4.69) is 5.32 Å². The number of halogens is 1. The minimum atomic E-state index is -0.142. The molecule has 0 aromatic heterocycles. The number of ether oxygens (including phenoxy) is 1. The molecule has 0 radical (unpaired) electrons. The van der Waals surface area contributed by atoms with Crippen LogP contribution in [0.5, 0.6) is 5.75 Å². The summed E-state index contributed by atoms with van der Waals surface area (Å²) < 4.78 is 5.42. The number of hydrogen-bond donors (Lipinski definition) is 2. The van der Waals surface area contributed by atoms with Gasteiger partial charge in [-0.2, -0.15) is 0 Å². The number of rotatable bonds is 6. The van der Waals surface area contributed by atoms with E-state index in [0.717, 1.165) is 5.75 Å². The fraction of sp³-hybridized carbons (Fsp3) is 0.417. The lowest BCUT2D eigenvalue weighted by Gasteiger charge is -2.10. The van der Waals surface area contributed by atoms with E-state index in [9.17, 15) is 4.79 Å². The van der Waals surface area contributed by atoms with Crippen LogP contribution in [0.3, 0.4) is 0 Å².